The maximum absolute atomic E-state index is 11.4. The molecular formula is C9H16N2O4. The van der Waals surface area contributed by atoms with Crippen LogP contribution in [0.4, 0.5) is 4.79 Å². The molecule has 6 nitrogen and oxygen atoms in total. The number of esters is 1. The van der Waals surface area contributed by atoms with Gasteiger partial charge in [0.25, 0.3) is 0 Å². The van der Waals surface area contributed by atoms with E-state index in [-0.39, 0.29) is 12.5 Å². The zero-order valence-electron chi connectivity index (χ0n) is 9.14. The number of urea groups is 1. The predicted octanol–water partition coefficient (Wildman–Crippen LogP) is 0.801. The van der Waals surface area contributed by atoms with Crippen LogP contribution >= 0.6 is 0 Å². The molecule has 1 N–H and O–H groups in total. The third-order valence-electron chi connectivity index (χ3n) is 2.53. The summed E-state index contributed by atoms with van der Waals surface area (Å²) in [4.78, 5) is 23.9. The fraction of sp³-hybridized carbons (Fsp3) is 0.778. The van der Waals surface area contributed by atoms with E-state index in [9.17, 15) is 14.8 Å². The van der Waals surface area contributed by atoms with Crippen molar-refractivity contribution in [2.45, 2.75) is 39.0 Å². The number of carbonyl (C=O) groups is 2. The summed E-state index contributed by atoms with van der Waals surface area (Å²) in [7, 11) is 1.59. The van der Waals surface area contributed by atoms with Crippen LogP contribution in [0, 0.1) is 0 Å². The summed E-state index contributed by atoms with van der Waals surface area (Å²) in [6, 6.07) is -0.613. The highest BCUT2D eigenvalue weighted by Gasteiger charge is 2.37. The lowest BCUT2D eigenvalue weighted by Gasteiger charge is -2.39. The second kappa shape index (κ2) is 4.48. The fourth-order valence-corrected chi connectivity index (χ4v) is 1.36. The van der Waals surface area contributed by atoms with Gasteiger partial charge >= 0.3 is 12.0 Å². The number of hydrogen-bond donors (Lipinski definition) is 1. The minimum Gasteiger partial charge on any atom is -0.439 e. The smallest absolute Gasteiger partial charge is 0.347 e. The van der Waals surface area contributed by atoms with Gasteiger partial charge in [0.15, 0.2) is 0 Å². The largest absolute Gasteiger partial charge is 0.439 e. The van der Waals surface area contributed by atoms with Gasteiger partial charge in [0.1, 0.15) is 0 Å². The van der Waals surface area contributed by atoms with Crippen molar-refractivity contribution in [3.05, 3.63) is 0 Å². The van der Waals surface area contributed by atoms with E-state index in [1.165, 1.54) is 4.90 Å². The molecule has 0 radical (unpaired) electrons. The Morgan fingerprint density at radius 1 is 1.67 bits per heavy atom. The van der Waals surface area contributed by atoms with Crippen molar-refractivity contribution in [2.75, 3.05) is 7.05 Å². The lowest BCUT2D eigenvalue weighted by Crippen LogP contribution is -2.56. The Morgan fingerprint density at radius 3 is 2.80 bits per heavy atom. The number of carbonyl (C=O) groups excluding carboxylic acids is 2. The average Bonchev–Trinajstić information content (AvgIpc) is 2.22. The molecule has 2 unspecified atom stereocenters. The van der Waals surface area contributed by atoms with Crippen molar-refractivity contribution in [1.82, 2.24) is 9.96 Å². The minimum atomic E-state index is -0.865. The van der Waals surface area contributed by atoms with Crippen LogP contribution in [0.25, 0.3) is 0 Å². The number of rotatable bonds is 2. The van der Waals surface area contributed by atoms with Gasteiger partial charge in [0.2, 0.25) is 6.23 Å². The lowest BCUT2D eigenvalue weighted by molar-refractivity contribution is -0.208. The van der Waals surface area contributed by atoms with E-state index in [1.807, 2.05) is 6.92 Å². The van der Waals surface area contributed by atoms with Crippen LogP contribution in [0.5, 0.6) is 0 Å². The highest BCUT2D eigenvalue weighted by atomic mass is 16.6. The number of hydroxylamine groups is 2. The van der Waals surface area contributed by atoms with E-state index in [0.717, 1.165) is 0 Å². The molecule has 86 valence electrons. The van der Waals surface area contributed by atoms with Crippen molar-refractivity contribution in [2.24, 2.45) is 0 Å². The van der Waals surface area contributed by atoms with Gasteiger partial charge < -0.3 is 9.64 Å². The second-order valence-corrected chi connectivity index (χ2v) is 3.62. The van der Waals surface area contributed by atoms with Gasteiger partial charge in [-0.1, -0.05) is 6.92 Å². The van der Waals surface area contributed by atoms with E-state index in [4.69, 9.17) is 4.74 Å². The van der Waals surface area contributed by atoms with Crippen molar-refractivity contribution in [3.8, 4) is 0 Å². The molecule has 0 spiro atoms. The van der Waals surface area contributed by atoms with E-state index in [0.29, 0.717) is 11.5 Å². The molecule has 0 aromatic heterocycles. The first-order valence-corrected chi connectivity index (χ1v) is 4.91. The quantitative estimate of drug-likeness (QED) is 0.547. The van der Waals surface area contributed by atoms with Crippen LogP contribution in [0.2, 0.25) is 0 Å². The number of amides is 2. The molecule has 2 amide bonds. The van der Waals surface area contributed by atoms with Gasteiger partial charge in [0, 0.05) is 25.9 Å². The molecule has 1 aliphatic rings. The van der Waals surface area contributed by atoms with Crippen LogP contribution in [-0.2, 0) is 9.53 Å². The van der Waals surface area contributed by atoms with Crippen molar-refractivity contribution >= 4 is 12.0 Å². The van der Waals surface area contributed by atoms with E-state index in [2.05, 4.69) is 0 Å². The molecule has 0 aliphatic carbocycles. The zero-order chi connectivity index (χ0) is 11.6. The Labute approximate surface area is 88.4 Å². The van der Waals surface area contributed by atoms with Crippen molar-refractivity contribution in [3.63, 3.8) is 0 Å². The first-order chi connectivity index (χ1) is 6.97. The summed E-state index contributed by atoms with van der Waals surface area (Å²) in [6.45, 7) is 3.49. The SMILES string of the molecule is CCC(=O)OC1CC(C)N(C)C(=O)N1O. The van der Waals surface area contributed by atoms with Gasteiger partial charge in [-0.25, -0.2) is 4.79 Å². The van der Waals surface area contributed by atoms with Crippen LogP contribution in [0.3, 0.4) is 0 Å². The Balaban J connectivity index is 2.66. The van der Waals surface area contributed by atoms with E-state index < -0.39 is 18.2 Å². The highest BCUT2D eigenvalue weighted by Crippen LogP contribution is 2.19. The Kier molecular flexibility index (Phi) is 3.52. The molecule has 0 aromatic carbocycles. The number of ether oxygens (including phenoxy) is 1. The predicted molar refractivity (Wildman–Crippen MR) is 51.0 cm³/mol. The van der Waals surface area contributed by atoms with Gasteiger partial charge in [-0.2, -0.15) is 5.06 Å². The van der Waals surface area contributed by atoms with Gasteiger partial charge in [-0.05, 0) is 6.92 Å². The molecular weight excluding hydrogens is 200 g/mol. The second-order valence-electron chi connectivity index (χ2n) is 3.62. The first kappa shape index (κ1) is 11.8. The summed E-state index contributed by atoms with van der Waals surface area (Å²) in [5.74, 6) is -0.427. The standard InChI is InChI=1S/C9H16N2O4/c1-4-8(12)15-7-5-6(2)10(3)9(13)11(7)14/h6-7,14H,4-5H2,1-3H3. The van der Waals surface area contributed by atoms with Crippen LogP contribution in [-0.4, -0.2) is 46.5 Å². The van der Waals surface area contributed by atoms with E-state index >= 15 is 0 Å². The minimum absolute atomic E-state index is 0.0597. The summed E-state index contributed by atoms with van der Waals surface area (Å²) in [5.41, 5.74) is 0. The van der Waals surface area contributed by atoms with Crippen LogP contribution in [0.15, 0.2) is 0 Å². The van der Waals surface area contributed by atoms with Crippen LogP contribution < -0.4 is 0 Å². The molecule has 15 heavy (non-hydrogen) atoms. The molecule has 1 fully saturated rings. The monoisotopic (exact) mass is 216 g/mol. The molecule has 6 heteroatoms. The lowest BCUT2D eigenvalue weighted by atomic mass is 10.1. The summed E-state index contributed by atoms with van der Waals surface area (Å²) >= 11 is 0. The zero-order valence-corrected chi connectivity index (χ0v) is 9.14. The molecule has 0 saturated carbocycles. The summed E-state index contributed by atoms with van der Waals surface area (Å²) < 4.78 is 4.93. The average molecular weight is 216 g/mol. The van der Waals surface area contributed by atoms with Gasteiger partial charge in [0.05, 0.1) is 0 Å². The first-order valence-electron chi connectivity index (χ1n) is 4.91. The third kappa shape index (κ3) is 2.38. The van der Waals surface area contributed by atoms with Crippen molar-refractivity contribution < 1.29 is 19.5 Å². The van der Waals surface area contributed by atoms with Gasteiger partial charge in [-0.15, -0.1) is 0 Å². The summed E-state index contributed by atoms with van der Waals surface area (Å²) in [5, 5.41) is 9.90. The van der Waals surface area contributed by atoms with Crippen molar-refractivity contribution in [1.29, 1.82) is 0 Å². The maximum Gasteiger partial charge on any atom is 0.347 e. The number of hydrogen-bond acceptors (Lipinski definition) is 4. The molecule has 2 atom stereocenters. The topological polar surface area (TPSA) is 70.1 Å². The van der Waals surface area contributed by atoms with Gasteiger partial charge in [-0.3, -0.25) is 10.0 Å². The maximum atomic E-state index is 11.4. The molecule has 0 bridgehead atoms. The molecule has 1 heterocycles. The Hall–Kier alpha value is -1.30. The molecule has 1 aliphatic heterocycles. The van der Waals surface area contributed by atoms with E-state index in [1.54, 1.807) is 14.0 Å². The fourth-order valence-electron chi connectivity index (χ4n) is 1.36. The Bertz CT molecular complexity index is 269. The normalized spacial score (nSPS) is 26.8. The van der Waals surface area contributed by atoms with Crippen LogP contribution in [0.1, 0.15) is 26.7 Å². The molecule has 0 aromatic rings. The Morgan fingerprint density at radius 2 is 2.27 bits per heavy atom. The summed E-state index contributed by atoms with van der Waals surface area (Å²) in [6.07, 6.45) is -0.233. The molecule has 1 saturated heterocycles. The molecule has 1 rings (SSSR count). The highest BCUT2D eigenvalue weighted by molar-refractivity contribution is 5.75. The number of nitrogens with zero attached hydrogens (tertiary/aromatic N) is 2. The third-order valence-corrected chi connectivity index (χ3v) is 2.53.